The summed E-state index contributed by atoms with van der Waals surface area (Å²) < 4.78 is 5.24. The minimum absolute atomic E-state index is 0.173. The summed E-state index contributed by atoms with van der Waals surface area (Å²) in [6.45, 7) is 9.63. The van der Waals surface area contributed by atoms with E-state index in [9.17, 15) is 4.79 Å². The molecule has 1 aromatic rings. The highest BCUT2D eigenvalue weighted by atomic mass is 16.6. The second-order valence-electron chi connectivity index (χ2n) is 6.29. The number of H-pyrrole nitrogens is 1. The van der Waals surface area contributed by atoms with Crippen LogP contribution in [0.15, 0.2) is 0 Å². The third-order valence-electron chi connectivity index (χ3n) is 3.27. The largest absolute Gasteiger partial charge is 0.444 e. The van der Waals surface area contributed by atoms with Crippen LogP contribution in [0.4, 0.5) is 4.79 Å². The van der Waals surface area contributed by atoms with Gasteiger partial charge in [0, 0.05) is 11.6 Å². The van der Waals surface area contributed by atoms with Crippen molar-refractivity contribution >= 4 is 6.09 Å². The van der Waals surface area contributed by atoms with E-state index >= 15 is 0 Å². The smallest absolute Gasteiger partial charge is 0.408 e. The summed E-state index contributed by atoms with van der Waals surface area (Å²) in [5.74, 6) is 1.32. The SMILES string of the molecule is CC1CCc2[nH]c([C@H](C)NC(=O)OC(C)(C)C)nc21. The molecule has 1 amide bonds. The van der Waals surface area contributed by atoms with Gasteiger partial charge in [0.15, 0.2) is 0 Å². The van der Waals surface area contributed by atoms with Crippen LogP contribution in [-0.2, 0) is 11.2 Å². The van der Waals surface area contributed by atoms with Crippen LogP contribution in [0.25, 0.3) is 0 Å². The van der Waals surface area contributed by atoms with Gasteiger partial charge < -0.3 is 15.0 Å². The average molecular weight is 265 g/mol. The van der Waals surface area contributed by atoms with Gasteiger partial charge in [-0.1, -0.05) is 6.92 Å². The molecule has 0 spiro atoms. The lowest BCUT2D eigenvalue weighted by molar-refractivity contribution is 0.0506. The van der Waals surface area contributed by atoms with E-state index in [1.165, 1.54) is 5.69 Å². The maximum atomic E-state index is 11.7. The first-order chi connectivity index (χ1) is 8.76. The van der Waals surface area contributed by atoms with Crippen LogP contribution in [0.2, 0.25) is 0 Å². The van der Waals surface area contributed by atoms with Crippen LogP contribution < -0.4 is 5.32 Å². The molecule has 0 fully saturated rings. The molecule has 0 saturated carbocycles. The van der Waals surface area contributed by atoms with E-state index in [2.05, 4.69) is 22.2 Å². The lowest BCUT2D eigenvalue weighted by Crippen LogP contribution is -2.34. The van der Waals surface area contributed by atoms with Crippen LogP contribution in [0.3, 0.4) is 0 Å². The summed E-state index contributed by atoms with van der Waals surface area (Å²) >= 11 is 0. The zero-order valence-electron chi connectivity index (χ0n) is 12.3. The molecule has 2 N–H and O–H groups in total. The lowest BCUT2D eigenvalue weighted by atomic mass is 10.1. The Kier molecular flexibility index (Phi) is 3.56. The van der Waals surface area contributed by atoms with Crippen molar-refractivity contribution < 1.29 is 9.53 Å². The molecular weight excluding hydrogens is 242 g/mol. The maximum Gasteiger partial charge on any atom is 0.408 e. The number of hydrogen-bond donors (Lipinski definition) is 2. The molecule has 1 heterocycles. The van der Waals surface area contributed by atoms with Crippen molar-refractivity contribution in [3.05, 3.63) is 17.2 Å². The minimum Gasteiger partial charge on any atom is -0.444 e. The highest BCUT2D eigenvalue weighted by molar-refractivity contribution is 5.68. The summed E-state index contributed by atoms with van der Waals surface area (Å²) in [4.78, 5) is 19.6. The molecule has 1 aliphatic rings. The van der Waals surface area contributed by atoms with Crippen molar-refractivity contribution in [2.24, 2.45) is 0 Å². The lowest BCUT2D eigenvalue weighted by Gasteiger charge is -2.21. The van der Waals surface area contributed by atoms with Crippen molar-refractivity contribution in [1.29, 1.82) is 0 Å². The van der Waals surface area contributed by atoms with Gasteiger partial charge in [0.25, 0.3) is 0 Å². The fourth-order valence-corrected chi connectivity index (χ4v) is 2.30. The zero-order chi connectivity index (χ0) is 14.2. The van der Waals surface area contributed by atoms with Crippen LogP contribution in [0.1, 0.15) is 70.2 Å². The fourth-order valence-electron chi connectivity index (χ4n) is 2.30. The Bertz CT molecular complexity index is 474. The number of aromatic amines is 1. The third-order valence-corrected chi connectivity index (χ3v) is 3.27. The molecule has 0 radical (unpaired) electrons. The van der Waals surface area contributed by atoms with Crippen LogP contribution >= 0.6 is 0 Å². The monoisotopic (exact) mass is 265 g/mol. The number of carbonyl (C=O) groups excluding carboxylic acids is 1. The molecular formula is C14H23N3O2. The van der Waals surface area contributed by atoms with Crippen molar-refractivity contribution in [3.63, 3.8) is 0 Å². The van der Waals surface area contributed by atoms with Crippen LogP contribution in [0, 0.1) is 0 Å². The normalized spacial score (nSPS) is 19.9. The number of fused-ring (bicyclic) bond motifs is 1. The van der Waals surface area contributed by atoms with Gasteiger partial charge in [-0.3, -0.25) is 0 Å². The number of nitrogens with one attached hydrogen (secondary N) is 2. The number of alkyl carbamates (subject to hydrolysis) is 1. The van der Waals surface area contributed by atoms with Gasteiger partial charge in [-0.05, 0) is 40.5 Å². The number of aryl methyl sites for hydroxylation is 1. The standard InChI is InChI=1S/C14H23N3O2/c1-8-6-7-10-11(8)17-12(16-10)9(2)15-13(18)19-14(3,4)5/h8-9H,6-7H2,1-5H3,(H,15,18)(H,16,17)/t8?,9-/m0/s1. The van der Waals surface area contributed by atoms with E-state index in [4.69, 9.17) is 4.74 Å². The van der Waals surface area contributed by atoms with E-state index in [0.29, 0.717) is 5.92 Å². The molecule has 0 saturated heterocycles. The highest BCUT2D eigenvalue weighted by Crippen LogP contribution is 2.31. The first-order valence-electron chi connectivity index (χ1n) is 6.84. The van der Waals surface area contributed by atoms with Gasteiger partial charge in [0.2, 0.25) is 0 Å². The number of nitrogens with zero attached hydrogens (tertiary/aromatic N) is 1. The van der Waals surface area contributed by atoms with Crippen molar-refractivity contribution in [2.45, 2.75) is 65.0 Å². The predicted octanol–water partition coefficient (Wildman–Crippen LogP) is 3.05. The van der Waals surface area contributed by atoms with E-state index in [1.54, 1.807) is 0 Å². The molecule has 2 rings (SSSR count). The molecule has 106 valence electrons. The second kappa shape index (κ2) is 4.87. The van der Waals surface area contributed by atoms with E-state index < -0.39 is 11.7 Å². The summed E-state index contributed by atoms with van der Waals surface area (Å²) in [5, 5.41) is 2.80. The van der Waals surface area contributed by atoms with Crippen molar-refractivity contribution in [2.75, 3.05) is 0 Å². The van der Waals surface area contributed by atoms with Gasteiger partial charge in [0.1, 0.15) is 11.4 Å². The van der Waals surface area contributed by atoms with E-state index in [-0.39, 0.29) is 6.04 Å². The summed E-state index contributed by atoms with van der Waals surface area (Å²) in [5.41, 5.74) is 1.87. The molecule has 2 atom stereocenters. The topological polar surface area (TPSA) is 67.0 Å². The molecule has 19 heavy (non-hydrogen) atoms. The molecule has 0 bridgehead atoms. The summed E-state index contributed by atoms with van der Waals surface area (Å²) in [7, 11) is 0. The number of imidazole rings is 1. The highest BCUT2D eigenvalue weighted by Gasteiger charge is 2.25. The van der Waals surface area contributed by atoms with E-state index in [1.807, 2.05) is 27.7 Å². The molecule has 5 heteroatoms. The summed E-state index contributed by atoms with van der Waals surface area (Å²) in [6.07, 6.45) is 1.79. The second-order valence-corrected chi connectivity index (χ2v) is 6.29. The minimum atomic E-state index is -0.483. The molecule has 1 aromatic heterocycles. The number of ether oxygens (including phenoxy) is 1. The van der Waals surface area contributed by atoms with Gasteiger partial charge >= 0.3 is 6.09 Å². The zero-order valence-corrected chi connectivity index (χ0v) is 12.3. The Morgan fingerprint density at radius 1 is 1.53 bits per heavy atom. The van der Waals surface area contributed by atoms with Crippen molar-refractivity contribution in [1.82, 2.24) is 15.3 Å². The molecule has 5 nitrogen and oxygen atoms in total. The molecule has 0 aromatic carbocycles. The van der Waals surface area contributed by atoms with Gasteiger partial charge in [-0.2, -0.15) is 0 Å². The first-order valence-corrected chi connectivity index (χ1v) is 6.84. The Hall–Kier alpha value is -1.52. The number of aromatic nitrogens is 2. The Morgan fingerprint density at radius 3 is 2.79 bits per heavy atom. The number of amides is 1. The van der Waals surface area contributed by atoms with E-state index in [0.717, 1.165) is 24.4 Å². The van der Waals surface area contributed by atoms with Gasteiger partial charge in [-0.25, -0.2) is 9.78 Å². The molecule has 1 unspecified atom stereocenters. The Labute approximate surface area is 114 Å². The number of rotatable bonds is 2. The predicted molar refractivity (Wildman–Crippen MR) is 73.1 cm³/mol. The summed E-state index contributed by atoms with van der Waals surface area (Å²) in [6, 6.07) is -0.173. The Morgan fingerprint density at radius 2 is 2.21 bits per heavy atom. The maximum absolute atomic E-state index is 11.7. The third kappa shape index (κ3) is 3.28. The molecule has 0 aliphatic heterocycles. The Balaban J connectivity index is 1.99. The number of carbonyl (C=O) groups is 1. The van der Waals surface area contributed by atoms with Crippen LogP contribution in [-0.4, -0.2) is 21.7 Å². The molecule has 1 aliphatic carbocycles. The van der Waals surface area contributed by atoms with Gasteiger partial charge in [0.05, 0.1) is 11.7 Å². The number of hydrogen-bond acceptors (Lipinski definition) is 3. The average Bonchev–Trinajstić information content (AvgIpc) is 2.78. The quantitative estimate of drug-likeness (QED) is 0.863. The fraction of sp³-hybridized carbons (Fsp3) is 0.714. The van der Waals surface area contributed by atoms with Gasteiger partial charge in [-0.15, -0.1) is 0 Å². The van der Waals surface area contributed by atoms with Crippen molar-refractivity contribution in [3.8, 4) is 0 Å². The van der Waals surface area contributed by atoms with Crippen LogP contribution in [0.5, 0.6) is 0 Å². The first kappa shape index (κ1) is 13.9.